The van der Waals surface area contributed by atoms with Gasteiger partial charge in [0.05, 0.1) is 5.56 Å². The van der Waals surface area contributed by atoms with E-state index in [1.165, 1.54) is 12.1 Å². The largest absolute Gasteiger partial charge is 0.482 e. The molecule has 1 unspecified atom stereocenters. The van der Waals surface area contributed by atoms with Crippen molar-refractivity contribution in [3.8, 4) is 5.75 Å². The number of oxime groups is 1. The predicted molar refractivity (Wildman–Crippen MR) is 59.6 cm³/mol. The van der Waals surface area contributed by atoms with Gasteiger partial charge in [0.2, 0.25) is 0 Å². The Labute approximate surface area is 102 Å². The Balaban J connectivity index is 2.91. The summed E-state index contributed by atoms with van der Waals surface area (Å²) in [4.78, 5) is 0. The summed E-state index contributed by atoms with van der Waals surface area (Å²) in [7, 11) is 0. The van der Waals surface area contributed by atoms with Crippen molar-refractivity contribution in [2.75, 3.05) is 0 Å². The molecule has 0 spiro atoms. The highest BCUT2D eigenvalue weighted by Crippen LogP contribution is 2.31. The second-order valence-electron chi connectivity index (χ2n) is 3.57. The number of benzene rings is 1. The van der Waals surface area contributed by atoms with Gasteiger partial charge in [0.1, 0.15) is 5.75 Å². The van der Waals surface area contributed by atoms with Gasteiger partial charge in [0.15, 0.2) is 11.9 Å². The van der Waals surface area contributed by atoms with Crippen molar-refractivity contribution in [3.05, 3.63) is 29.8 Å². The third-order valence-corrected chi connectivity index (χ3v) is 2.26. The van der Waals surface area contributed by atoms with Crippen molar-refractivity contribution < 1.29 is 23.1 Å². The first-order valence-corrected chi connectivity index (χ1v) is 5.19. The second-order valence-corrected chi connectivity index (χ2v) is 3.57. The van der Waals surface area contributed by atoms with E-state index in [9.17, 15) is 13.2 Å². The average Bonchev–Trinajstić information content (AvgIpc) is 2.34. The lowest BCUT2D eigenvalue weighted by Gasteiger charge is -2.17. The molecule has 1 aromatic rings. The molecular weight excluding hydrogens is 249 g/mol. The van der Waals surface area contributed by atoms with Gasteiger partial charge in [-0.2, -0.15) is 13.2 Å². The fourth-order valence-corrected chi connectivity index (χ4v) is 1.33. The minimum absolute atomic E-state index is 0.0169. The minimum atomic E-state index is -4.43. The molecule has 100 valence electrons. The number of hydrogen-bond donors (Lipinski definition) is 2. The lowest BCUT2D eigenvalue weighted by atomic mass is 10.2. The fraction of sp³-hybridized carbons (Fsp3) is 0.364. The van der Waals surface area contributed by atoms with Crippen molar-refractivity contribution in [1.29, 1.82) is 0 Å². The van der Waals surface area contributed by atoms with E-state index >= 15 is 0 Å². The maximum Gasteiger partial charge on any atom is 0.416 e. The molecule has 0 fully saturated rings. The van der Waals surface area contributed by atoms with Crippen molar-refractivity contribution >= 4 is 5.84 Å². The number of hydrogen-bond acceptors (Lipinski definition) is 3. The Morgan fingerprint density at radius 3 is 2.67 bits per heavy atom. The standard InChI is InChI=1S/C11H13F3N2O2/c1-2-9(10(15)16-17)18-8-5-3-4-7(6-8)11(12,13)14/h3-6,9,17H,2H2,1H3,(H2,15,16). The van der Waals surface area contributed by atoms with Crippen molar-refractivity contribution in [1.82, 2.24) is 0 Å². The van der Waals surface area contributed by atoms with Crippen LogP contribution in [0.1, 0.15) is 18.9 Å². The quantitative estimate of drug-likeness (QED) is 0.379. The third kappa shape index (κ3) is 3.54. The molecule has 7 heteroatoms. The van der Waals surface area contributed by atoms with E-state index in [4.69, 9.17) is 15.7 Å². The van der Waals surface area contributed by atoms with E-state index in [-0.39, 0.29) is 11.6 Å². The molecule has 0 bridgehead atoms. The molecule has 0 aliphatic rings. The summed E-state index contributed by atoms with van der Waals surface area (Å²) < 4.78 is 42.6. The van der Waals surface area contributed by atoms with Gasteiger partial charge >= 0.3 is 6.18 Å². The van der Waals surface area contributed by atoms with Gasteiger partial charge in [-0.05, 0) is 24.6 Å². The van der Waals surface area contributed by atoms with Gasteiger partial charge in [-0.1, -0.05) is 18.1 Å². The van der Waals surface area contributed by atoms with Gasteiger partial charge in [-0.3, -0.25) is 0 Å². The Kier molecular flexibility index (Phi) is 4.41. The fourth-order valence-electron chi connectivity index (χ4n) is 1.33. The number of rotatable bonds is 4. The van der Waals surface area contributed by atoms with Crippen LogP contribution < -0.4 is 10.5 Å². The van der Waals surface area contributed by atoms with Gasteiger partial charge in [0, 0.05) is 0 Å². The predicted octanol–water partition coefficient (Wildman–Crippen LogP) is 2.61. The summed E-state index contributed by atoms with van der Waals surface area (Å²) in [5.41, 5.74) is 4.54. The van der Waals surface area contributed by atoms with E-state index < -0.39 is 17.8 Å². The molecule has 0 aliphatic carbocycles. The average molecular weight is 262 g/mol. The van der Waals surface area contributed by atoms with Crippen LogP contribution in [-0.2, 0) is 6.18 Å². The molecule has 1 aromatic carbocycles. The minimum Gasteiger partial charge on any atom is -0.482 e. The summed E-state index contributed by atoms with van der Waals surface area (Å²) >= 11 is 0. The maximum absolute atomic E-state index is 12.5. The third-order valence-electron chi connectivity index (χ3n) is 2.26. The van der Waals surface area contributed by atoms with Crippen LogP contribution >= 0.6 is 0 Å². The molecule has 0 saturated carbocycles. The van der Waals surface area contributed by atoms with Crippen LogP contribution in [0, 0.1) is 0 Å². The van der Waals surface area contributed by atoms with Crippen LogP contribution in [0.25, 0.3) is 0 Å². The molecule has 3 N–H and O–H groups in total. The molecule has 0 amide bonds. The van der Waals surface area contributed by atoms with E-state index in [1.807, 2.05) is 0 Å². The van der Waals surface area contributed by atoms with Crippen molar-refractivity contribution in [2.45, 2.75) is 25.6 Å². The number of nitrogens with zero attached hydrogens (tertiary/aromatic N) is 1. The molecule has 0 aliphatic heterocycles. The SMILES string of the molecule is CCC(Oc1cccc(C(F)(F)F)c1)C(N)=NO. The number of nitrogens with two attached hydrogens (primary N) is 1. The lowest BCUT2D eigenvalue weighted by Crippen LogP contribution is -2.33. The zero-order chi connectivity index (χ0) is 13.8. The summed E-state index contributed by atoms with van der Waals surface area (Å²) in [6, 6.07) is 4.42. The zero-order valence-electron chi connectivity index (χ0n) is 9.61. The van der Waals surface area contributed by atoms with Crippen LogP contribution in [0.5, 0.6) is 5.75 Å². The second kappa shape index (κ2) is 5.61. The van der Waals surface area contributed by atoms with E-state index in [1.54, 1.807) is 6.92 Å². The van der Waals surface area contributed by atoms with Gasteiger partial charge < -0.3 is 15.7 Å². The van der Waals surface area contributed by atoms with E-state index in [2.05, 4.69) is 5.16 Å². The van der Waals surface area contributed by atoms with Gasteiger partial charge in [0.25, 0.3) is 0 Å². The van der Waals surface area contributed by atoms with E-state index in [0.717, 1.165) is 12.1 Å². The summed E-state index contributed by atoms with van der Waals surface area (Å²) in [6.45, 7) is 1.70. The monoisotopic (exact) mass is 262 g/mol. The summed E-state index contributed by atoms with van der Waals surface area (Å²) in [5.74, 6) is -0.168. The molecular formula is C11H13F3N2O2. The Morgan fingerprint density at radius 2 is 2.17 bits per heavy atom. The molecule has 1 atom stereocenters. The lowest BCUT2D eigenvalue weighted by molar-refractivity contribution is -0.137. The summed E-state index contributed by atoms with van der Waals surface area (Å²) in [6.07, 6.45) is -4.83. The Hall–Kier alpha value is -1.92. The molecule has 0 radical (unpaired) electrons. The number of alkyl halides is 3. The van der Waals surface area contributed by atoms with Crippen molar-refractivity contribution in [3.63, 3.8) is 0 Å². The first-order chi connectivity index (χ1) is 8.38. The smallest absolute Gasteiger partial charge is 0.416 e. The van der Waals surface area contributed by atoms with Crippen molar-refractivity contribution in [2.24, 2.45) is 10.9 Å². The van der Waals surface area contributed by atoms with Crippen LogP contribution in [0.15, 0.2) is 29.4 Å². The van der Waals surface area contributed by atoms with E-state index in [0.29, 0.717) is 6.42 Å². The topological polar surface area (TPSA) is 67.8 Å². The number of halogens is 3. The highest BCUT2D eigenvalue weighted by molar-refractivity contribution is 5.84. The van der Waals surface area contributed by atoms with Gasteiger partial charge in [-0.25, -0.2) is 0 Å². The maximum atomic E-state index is 12.5. The van der Waals surface area contributed by atoms with Crippen LogP contribution in [0.2, 0.25) is 0 Å². The zero-order valence-corrected chi connectivity index (χ0v) is 9.61. The van der Waals surface area contributed by atoms with Crippen LogP contribution in [-0.4, -0.2) is 17.1 Å². The number of amidine groups is 1. The van der Waals surface area contributed by atoms with Crippen LogP contribution in [0.3, 0.4) is 0 Å². The Morgan fingerprint density at radius 1 is 1.50 bits per heavy atom. The number of ether oxygens (including phenoxy) is 1. The first-order valence-electron chi connectivity index (χ1n) is 5.19. The van der Waals surface area contributed by atoms with Crippen LogP contribution in [0.4, 0.5) is 13.2 Å². The first kappa shape index (κ1) is 14.1. The Bertz CT molecular complexity index is 433. The van der Waals surface area contributed by atoms with Gasteiger partial charge in [-0.15, -0.1) is 0 Å². The molecule has 0 heterocycles. The normalized spacial score (nSPS) is 14.3. The molecule has 18 heavy (non-hydrogen) atoms. The molecule has 0 saturated heterocycles. The molecule has 4 nitrogen and oxygen atoms in total. The highest BCUT2D eigenvalue weighted by Gasteiger charge is 2.30. The molecule has 1 rings (SSSR count). The molecule has 0 aromatic heterocycles. The summed E-state index contributed by atoms with van der Waals surface area (Å²) in [5, 5.41) is 11.3. The highest BCUT2D eigenvalue weighted by atomic mass is 19.4.